The summed E-state index contributed by atoms with van der Waals surface area (Å²) in [5, 5.41) is 1.32. The fourth-order valence-corrected chi connectivity index (χ4v) is 1.95. The van der Waals surface area contributed by atoms with Gasteiger partial charge in [0.15, 0.2) is 5.16 Å². The number of hydrogen-bond acceptors (Lipinski definition) is 6. The lowest BCUT2D eigenvalue weighted by Gasteiger charge is -2.09. The normalized spacial score (nSPS) is 10.6. The van der Waals surface area contributed by atoms with Gasteiger partial charge in [-0.05, 0) is 26.4 Å². The van der Waals surface area contributed by atoms with Crippen molar-refractivity contribution in [3.8, 4) is 0 Å². The van der Waals surface area contributed by atoms with Gasteiger partial charge in [-0.3, -0.25) is 0 Å². The Morgan fingerprint density at radius 1 is 1.38 bits per heavy atom. The lowest BCUT2D eigenvalue weighted by molar-refractivity contribution is 0.0372. The van der Waals surface area contributed by atoms with Gasteiger partial charge < -0.3 is 4.74 Å². The Morgan fingerprint density at radius 3 is 2.56 bits per heavy atom. The van der Waals surface area contributed by atoms with E-state index in [0.717, 1.165) is 0 Å². The maximum absolute atomic E-state index is 11.7. The number of aromatic nitrogens is 2. The number of carbonyl (C=O) groups is 1. The molecule has 0 aromatic carbocycles. The third-order valence-electron chi connectivity index (χ3n) is 1.67. The first-order valence-corrected chi connectivity index (χ1v) is 7.19. The summed E-state index contributed by atoms with van der Waals surface area (Å²) in [4.78, 5) is 20.0. The van der Waals surface area contributed by atoms with Gasteiger partial charge in [0.1, 0.15) is 10.6 Å². The Hall–Kier alpha value is -0.750. The van der Waals surface area contributed by atoms with Crippen molar-refractivity contribution in [3.05, 3.63) is 11.8 Å². The van der Waals surface area contributed by atoms with Crippen LogP contribution in [0.25, 0.3) is 0 Å². The van der Waals surface area contributed by atoms with Crippen LogP contribution < -0.4 is 0 Å². The average Bonchev–Trinajstić information content (AvgIpc) is 2.27. The zero-order valence-corrected chi connectivity index (χ0v) is 11.3. The maximum atomic E-state index is 11.7. The minimum absolute atomic E-state index is 0.137. The molecule has 0 radical (unpaired) electrons. The standard InChI is InChI=1S/C10H14N2O2S2/c1-6(2)14-9(13)7-5-11-10(16-4)12-8(7)15-3/h5-6H,1-4H3. The highest BCUT2D eigenvalue weighted by Crippen LogP contribution is 2.21. The van der Waals surface area contributed by atoms with Crippen molar-refractivity contribution in [2.75, 3.05) is 12.5 Å². The molecule has 0 unspecified atom stereocenters. The summed E-state index contributed by atoms with van der Waals surface area (Å²) < 4.78 is 5.11. The number of thioether (sulfide) groups is 2. The zero-order chi connectivity index (χ0) is 12.1. The molecular formula is C10H14N2O2S2. The highest BCUT2D eigenvalue weighted by molar-refractivity contribution is 7.99. The summed E-state index contributed by atoms with van der Waals surface area (Å²) >= 11 is 2.86. The third-order valence-corrected chi connectivity index (χ3v) is 2.93. The van der Waals surface area contributed by atoms with Crippen LogP contribution in [0.15, 0.2) is 16.4 Å². The Kier molecular flexibility index (Phi) is 5.08. The van der Waals surface area contributed by atoms with Crippen LogP contribution in [-0.4, -0.2) is 34.6 Å². The summed E-state index contributed by atoms with van der Waals surface area (Å²) in [6.07, 6.45) is 5.15. The van der Waals surface area contributed by atoms with Crippen LogP contribution in [0.2, 0.25) is 0 Å². The van der Waals surface area contributed by atoms with Crippen molar-refractivity contribution in [1.82, 2.24) is 9.97 Å². The lowest BCUT2D eigenvalue weighted by Crippen LogP contribution is -2.13. The molecule has 1 heterocycles. The monoisotopic (exact) mass is 258 g/mol. The summed E-state index contributed by atoms with van der Waals surface area (Å²) in [7, 11) is 0. The molecule has 0 amide bonds. The van der Waals surface area contributed by atoms with Crippen LogP contribution in [0, 0.1) is 0 Å². The molecule has 0 N–H and O–H groups in total. The first-order valence-electron chi connectivity index (χ1n) is 4.74. The fraction of sp³-hybridized carbons (Fsp3) is 0.500. The summed E-state index contributed by atoms with van der Waals surface area (Å²) in [5.41, 5.74) is 0.430. The van der Waals surface area contributed by atoms with Crippen LogP contribution in [0.4, 0.5) is 0 Å². The third kappa shape index (κ3) is 3.38. The van der Waals surface area contributed by atoms with Gasteiger partial charge in [-0.1, -0.05) is 11.8 Å². The van der Waals surface area contributed by atoms with E-state index in [4.69, 9.17) is 4.74 Å². The predicted molar refractivity (Wildman–Crippen MR) is 66.1 cm³/mol. The topological polar surface area (TPSA) is 52.1 Å². The smallest absolute Gasteiger partial charge is 0.342 e. The largest absolute Gasteiger partial charge is 0.459 e. The summed E-state index contributed by atoms with van der Waals surface area (Å²) in [6, 6.07) is 0. The molecule has 0 aliphatic carbocycles. The molecule has 88 valence electrons. The van der Waals surface area contributed by atoms with Gasteiger partial charge in [-0.25, -0.2) is 14.8 Å². The van der Waals surface area contributed by atoms with Crippen LogP contribution >= 0.6 is 23.5 Å². The molecule has 6 heteroatoms. The molecule has 1 aromatic heterocycles. The molecule has 0 bridgehead atoms. The molecule has 1 rings (SSSR count). The first-order chi connectivity index (χ1) is 7.58. The number of esters is 1. The minimum atomic E-state index is -0.369. The van der Waals surface area contributed by atoms with Crippen molar-refractivity contribution in [2.45, 2.75) is 30.1 Å². The van der Waals surface area contributed by atoms with E-state index in [-0.39, 0.29) is 12.1 Å². The Morgan fingerprint density at radius 2 is 2.06 bits per heavy atom. The molecular weight excluding hydrogens is 244 g/mol. The van der Waals surface area contributed by atoms with Gasteiger partial charge in [0.05, 0.1) is 6.10 Å². The van der Waals surface area contributed by atoms with Crippen molar-refractivity contribution in [1.29, 1.82) is 0 Å². The second kappa shape index (κ2) is 6.10. The van der Waals surface area contributed by atoms with E-state index >= 15 is 0 Å². The second-order valence-corrected chi connectivity index (χ2v) is 4.80. The van der Waals surface area contributed by atoms with E-state index in [1.54, 1.807) is 0 Å². The van der Waals surface area contributed by atoms with E-state index in [0.29, 0.717) is 15.7 Å². The average molecular weight is 258 g/mol. The molecule has 0 saturated carbocycles. The molecule has 0 aliphatic heterocycles. The molecule has 4 nitrogen and oxygen atoms in total. The first kappa shape index (κ1) is 13.3. The lowest BCUT2D eigenvalue weighted by atomic mass is 10.3. The van der Waals surface area contributed by atoms with Gasteiger partial charge >= 0.3 is 5.97 Å². The van der Waals surface area contributed by atoms with Gasteiger partial charge in [0.25, 0.3) is 0 Å². The minimum Gasteiger partial charge on any atom is -0.459 e. The number of nitrogens with zero attached hydrogens (tertiary/aromatic N) is 2. The number of hydrogen-bond donors (Lipinski definition) is 0. The van der Waals surface area contributed by atoms with Crippen LogP contribution in [0.1, 0.15) is 24.2 Å². The van der Waals surface area contributed by atoms with E-state index in [2.05, 4.69) is 9.97 Å². The van der Waals surface area contributed by atoms with Crippen LogP contribution in [0.3, 0.4) is 0 Å². The number of carbonyl (C=O) groups excluding carboxylic acids is 1. The molecule has 1 aromatic rings. The molecule has 0 fully saturated rings. The number of rotatable bonds is 4. The second-order valence-electron chi connectivity index (χ2n) is 3.23. The van der Waals surface area contributed by atoms with Gasteiger partial charge in [0.2, 0.25) is 0 Å². The summed E-state index contributed by atoms with van der Waals surface area (Å²) in [5.74, 6) is -0.369. The van der Waals surface area contributed by atoms with E-state index < -0.39 is 0 Å². The van der Waals surface area contributed by atoms with Gasteiger partial charge in [0, 0.05) is 6.20 Å². The van der Waals surface area contributed by atoms with Crippen LogP contribution in [-0.2, 0) is 4.74 Å². The highest BCUT2D eigenvalue weighted by Gasteiger charge is 2.16. The van der Waals surface area contributed by atoms with Gasteiger partial charge in [-0.15, -0.1) is 11.8 Å². The molecule has 0 spiro atoms. The Labute approximate surface area is 104 Å². The van der Waals surface area contributed by atoms with E-state index in [1.807, 2.05) is 26.4 Å². The Bertz CT molecular complexity index is 383. The van der Waals surface area contributed by atoms with E-state index in [1.165, 1.54) is 29.7 Å². The van der Waals surface area contributed by atoms with E-state index in [9.17, 15) is 4.79 Å². The number of ether oxygens (including phenoxy) is 1. The van der Waals surface area contributed by atoms with Crippen molar-refractivity contribution >= 4 is 29.5 Å². The summed E-state index contributed by atoms with van der Waals surface area (Å²) in [6.45, 7) is 3.63. The molecule has 0 atom stereocenters. The zero-order valence-electron chi connectivity index (χ0n) is 9.68. The Balaban J connectivity index is 2.99. The van der Waals surface area contributed by atoms with Crippen molar-refractivity contribution in [3.63, 3.8) is 0 Å². The van der Waals surface area contributed by atoms with Gasteiger partial charge in [-0.2, -0.15) is 0 Å². The molecule has 16 heavy (non-hydrogen) atoms. The fourth-order valence-electron chi connectivity index (χ4n) is 1.02. The highest BCUT2D eigenvalue weighted by atomic mass is 32.2. The van der Waals surface area contributed by atoms with Crippen LogP contribution in [0.5, 0.6) is 0 Å². The quantitative estimate of drug-likeness (QED) is 0.358. The molecule has 0 aliphatic rings. The molecule has 0 saturated heterocycles. The SMILES string of the molecule is CSc1ncc(C(=O)OC(C)C)c(SC)n1. The van der Waals surface area contributed by atoms with Crippen molar-refractivity contribution in [2.24, 2.45) is 0 Å². The predicted octanol–water partition coefficient (Wildman–Crippen LogP) is 2.49. The maximum Gasteiger partial charge on any atom is 0.342 e. The van der Waals surface area contributed by atoms with Crippen molar-refractivity contribution < 1.29 is 9.53 Å².